The van der Waals surface area contributed by atoms with Crippen molar-refractivity contribution < 1.29 is 4.79 Å². The number of nitrogens with zero attached hydrogens (tertiary/aromatic N) is 2. The zero-order valence-corrected chi connectivity index (χ0v) is 11.2. The van der Waals surface area contributed by atoms with Crippen molar-refractivity contribution in [3.05, 3.63) is 39.4 Å². The maximum absolute atomic E-state index is 12.0. The molecule has 2 aromatic heterocycles. The lowest BCUT2D eigenvalue weighted by Gasteiger charge is -2.06. The van der Waals surface area contributed by atoms with Crippen LogP contribution < -0.4 is 5.32 Å². The van der Waals surface area contributed by atoms with Crippen LogP contribution in [0, 0.1) is 13.8 Å². The lowest BCUT2D eigenvalue weighted by Crippen LogP contribution is -2.15. The molecule has 0 unspecified atom stereocenters. The van der Waals surface area contributed by atoms with Gasteiger partial charge in [0.25, 0.3) is 5.91 Å². The third kappa shape index (κ3) is 2.47. The van der Waals surface area contributed by atoms with Crippen molar-refractivity contribution in [2.75, 3.05) is 5.32 Å². The number of carbonyl (C=O) groups excluding carboxylic acids is 1. The molecule has 2 heterocycles. The fraction of sp³-hybridized carbons (Fsp3) is 0.182. The van der Waals surface area contributed by atoms with Gasteiger partial charge in [-0.3, -0.25) is 9.89 Å². The van der Waals surface area contributed by atoms with E-state index in [9.17, 15) is 4.79 Å². The highest BCUT2D eigenvalue weighted by molar-refractivity contribution is 6.35. The number of rotatable bonds is 2. The largest absolute Gasteiger partial charge is 0.317 e. The third-order valence-electron chi connectivity index (χ3n) is 2.39. The van der Waals surface area contributed by atoms with Crippen LogP contribution in [0.15, 0.2) is 12.1 Å². The summed E-state index contributed by atoms with van der Waals surface area (Å²) in [6.07, 6.45) is 0. The molecule has 0 saturated heterocycles. The van der Waals surface area contributed by atoms with Gasteiger partial charge in [-0.05, 0) is 26.0 Å². The first-order valence-corrected chi connectivity index (χ1v) is 5.89. The number of halogens is 2. The van der Waals surface area contributed by atoms with E-state index in [1.54, 1.807) is 6.92 Å². The van der Waals surface area contributed by atoms with Gasteiger partial charge in [0, 0.05) is 0 Å². The minimum atomic E-state index is -0.421. The molecule has 1 amide bonds. The molecule has 0 bridgehead atoms. The average molecular weight is 285 g/mol. The van der Waals surface area contributed by atoms with E-state index in [-0.39, 0.29) is 15.9 Å². The SMILES string of the molecule is Cc1n[nH]c(C)c1NC(=O)c1nc(Cl)ccc1Cl. The van der Waals surface area contributed by atoms with Gasteiger partial charge in [0.1, 0.15) is 10.8 Å². The Morgan fingerprint density at radius 2 is 2.06 bits per heavy atom. The molecule has 0 atom stereocenters. The molecule has 2 rings (SSSR count). The van der Waals surface area contributed by atoms with Crippen LogP contribution in [0.4, 0.5) is 5.69 Å². The second-order valence-corrected chi connectivity index (χ2v) is 4.52. The average Bonchev–Trinajstić information content (AvgIpc) is 2.64. The number of carbonyl (C=O) groups is 1. The number of aromatic nitrogens is 3. The van der Waals surface area contributed by atoms with Gasteiger partial charge in [-0.15, -0.1) is 0 Å². The first kappa shape index (κ1) is 12.9. The summed E-state index contributed by atoms with van der Waals surface area (Å²) in [7, 11) is 0. The summed E-state index contributed by atoms with van der Waals surface area (Å²) in [4.78, 5) is 15.9. The predicted octanol–water partition coefficient (Wildman–Crippen LogP) is 2.98. The topological polar surface area (TPSA) is 70.7 Å². The van der Waals surface area contributed by atoms with E-state index in [1.807, 2.05) is 6.92 Å². The van der Waals surface area contributed by atoms with E-state index in [4.69, 9.17) is 23.2 Å². The Morgan fingerprint density at radius 1 is 1.33 bits per heavy atom. The van der Waals surface area contributed by atoms with Crippen LogP contribution in [-0.4, -0.2) is 21.1 Å². The molecule has 2 aromatic rings. The van der Waals surface area contributed by atoms with E-state index >= 15 is 0 Å². The molecule has 0 radical (unpaired) electrons. The Kier molecular flexibility index (Phi) is 3.54. The molecule has 0 spiro atoms. The fourth-order valence-electron chi connectivity index (χ4n) is 1.49. The molecule has 0 aliphatic heterocycles. The number of aromatic amines is 1. The maximum Gasteiger partial charge on any atom is 0.275 e. The normalized spacial score (nSPS) is 10.4. The summed E-state index contributed by atoms with van der Waals surface area (Å²) in [5.41, 5.74) is 2.17. The summed E-state index contributed by atoms with van der Waals surface area (Å²) in [5.74, 6) is -0.421. The Balaban J connectivity index is 2.30. The van der Waals surface area contributed by atoms with Crippen molar-refractivity contribution in [3.8, 4) is 0 Å². The Labute approximate surface area is 114 Å². The maximum atomic E-state index is 12.0. The minimum Gasteiger partial charge on any atom is -0.317 e. The van der Waals surface area contributed by atoms with Gasteiger partial charge in [0.05, 0.1) is 22.1 Å². The molecule has 18 heavy (non-hydrogen) atoms. The van der Waals surface area contributed by atoms with Gasteiger partial charge < -0.3 is 5.32 Å². The number of hydrogen-bond acceptors (Lipinski definition) is 3. The lowest BCUT2D eigenvalue weighted by atomic mass is 10.3. The number of anilines is 1. The van der Waals surface area contributed by atoms with Crippen LogP contribution >= 0.6 is 23.2 Å². The summed E-state index contributed by atoms with van der Waals surface area (Å²) >= 11 is 11.6. The molecule has 0 aliphatic carbocycles. The number of pyridine rings is 1. The first-order valence-electron chi connectivity index (χ1n) is 5.14. The minimum absolute atomic E-state index is 0.0872. The quantitative estimate of drug-likeness (QED) is 0.833. The van der Waals surface area contributed by atoms with Crippen LogP contribution in [0.1, 0.15) is 21.9 Å². The van der Waals surface area contributed by atoms with Crippen molar-refractivity contribution in [3.63, 3.8) is 0 Å². The highest BCUT2D eigenvalue weighted by atomic mass is 35.5. The summed E-state index contributed by atoms with van der Waals surface area (Å²) in [5, 5.41) is 9.92. The van der Waals surface area contributed by atoms with E-state index in [2.05, 4.69) is 20.5 Å². The van der Waals surface area contributed by atoms with Gasteiger partial charge in [0.15, 0.2) is 0 Å². The van der Waals surface area contributed by atoms with E-state index < -0.39 is 5.91 Å². The molecule has 0 aromatic carbocycles. The molecule has 94 valence electrons. The van der Waals surface area contributed by atoms with Gasteiger partial charge in [-0.25, -0.2) is 4.98 Å². The van der Waals surface area contributed by atoms with Crippen molar-refractivity contribution in [1.29, 1.82) is 0 Å². The predicted molar refractivity (Wildman–Crippen MR) is 70.3 cm³/mol. The van der Waals surface area contributed by atoms with Crippen molar-refractivity contribution in [1.82, 2.24) is 15.2 Å². The summed E-state index contributed by atoms with van der Waals surface area (Å²) in [6.45, 7) is 3.59. The lowest BCUT2D eigenvalue weighted by molar-refractivity contribution is 0.102. The highest BCUT2D eigenvalue weighted by Crippen LogP contribution is 2.21. The molecule has 0 fully saturated rings. The van der Waals surface area contributed by atoms with Crippen molar-refractivity contribution in [2.24, 2.45) is 0 Å². The van der Waals surface area contributed by atoms with Gasteiger partial charge in [-0.1, -0.05) is 23.2 Å². The van der Waals surface area contributed by atoms with Crippen LogP contribution in [0.5, 0.6) is 0 Å². The van der Waals surface area contributed by atoms with Crippen LogP contribution in [0.2, 0.25) is 10.2 Å². The van der Waals surface area contributed by atoms with Gasteiger partial charge in [0.2, 0.25) is 0 Å². The van der Waals surface area contributed by atoms with Crippen LogP contribution in [0.3, 0.4) is 0 Å². The van der Waals surface area contributed by atoms with Crippen LogP contribution in [-0.2, 0) is 0 Å². The molecule has 5 nitrogen and oxygen atoms in total. The molecule has 7 heteroatoms. The summed E-state index contributed by atoms with van der Waals surface area (Å²) < 4.78 is 0. The molecular formula is C11H10Cl2N4O. The van der Waals surface area contributed by atoms with E-state index in [1.165, 1.54) is 12.1 Å². The monoisotopic (exact) mass is 284 g/mol. The Bertz CT molecular complexity index is 590. The first-order chi connectivity index (χ1) is 8.49. The number of aryl methyl sites for hydroxylation is 2. The smallest absolute Gasteiger partial charge is 0.275 e. The molecule has 0 saturated carbocycles. The summed E-state index contributed by atoms with van der Waals surface area (Å²) in [6, 6.07) is 3.05. The zero-order chi connectivity index (χ0) is 13.3. The van der Waals surface area contributed by atoms with Crippen molar-refractivity contribution >= 4 is 34.8 Å². The van der Waals surface area contributed by atoms with Gasteiger partial charge in [-0.2, -0.15) is 5.10 Å². The second kappa shape index (κ2) is 4.96. The van der Waals surface area contributed by atoms with E-state index in [0.29, 0.717) is 11.4 Å². The number of H-pyrrole nitrogens is 1. The van der Waals surface area contributed by atoms with Crippen molar-refractivity contribution in [2.45, 2.75) is 13.8 Å². The number of amides is 1. The molecular weight excluding hydrogens is 275 g/mol. The number of nitrogens with one attached hydrogen (secondary N) is 2. The fourth-order valence-corrected chi connectivity index (χ4v) is 1.82. The van der Waals surface area contributed by atoms with E-state index in [0.717, 1.165) is 5.69 Å². The highest BCUT2D eigenvalue weighted by Gasteiger charge is 2.16. The van der Waals surface area contributed by atoms with Gasteiger partial charge >= 0.3 is 0 Å². The second-order valence-electron chi connectivity index (χ2n) is 3.73. The van der Waals surface area contributed by atoms with Crippen LogP contribution in [0.25, 0.3) is 0 Å². The molecule has 2 N–H and O–H groups in total. The standard InChI is InChI=1S/C11H10Cl2N4O/c1-5-9(6(2)17-16-5)15-11(18)10-7(12)3-4-8(13)14-10/h3-4H,1-2H3,(H,15,18)(H,16,17). The molecule has 0 aliphatic rings. The zero-order valence-electron chi connectivity index (χ0n) is 9.71. The third-order valence-corrected chi connectivity index (χ3v) is 2.91. The Hall–Kier alpha value is -1.59. The number of hydrogen-bond donors (Lipinski definition) is 2. The Morgan fingerprint density at radius 3 is 2.67 bits per heavy atom.